The van der Waals surface area contributed by atoms with Gasteiger partial charge in [0.05, 0.1) is 6.54 Å². The van der Waals surface area contributed by atoms with Gasteiger partial charge < -0.3 is 14.6 Å². The number of halogens is 2. The van der Waals surface area contributed by atoms with Gasteiger partial charge >= 0.3 is 0 Å². The molecular formula is C14H15BrFN3O. The third kappa shape index (κ3) is 3.02. The lowest BCUT2D eigenvalue weighted by Gasteiger charge is -2.18. The molecule has 6 heteroatoms. The van der Waals surface area contributed by atoms with Crippen LogP contribution in [0.1, 0.15) is 12.2 Å². The maximum atomic E-state index is 13.7. The number of hydrogen-bond acceptors (Lipinski definition) is 4. The second kappa shape index (κ2) is 5.93. The molecule has 20 heavy (non-hydrogen) atoms. The summed E-state index contributed by atoms with van der Waals surface area (Å²) < 4.78 is 19.9. The Bertz CT molecular complexity index is 589. The summed E-state index contributed by atoms with van der Waals surface area (Å²) >= 11 is 3.28. The smallest absolute Gasteiger partial charge is 0.169 e. The fourth-order valence-corrected chi connectivity index (χ4v) is 2.76. The van der Waals surface area contributed by atoms with Crippen LogP contribution in [0.25, 0.3) is 0 Å². The van der Waals surface area contributed by atoms with E-state index in [4.69, 9.17) is 4.42 Å². The molecule has 0 spiro atoms. The van der Waals surface area contributed by atoms with E-state index in [-0.39, 0.29) is 5.82 Å². The Morgan fingerprint density at radius 2 is 2.35 bits per heavy atom. The Kier molecular flexibility index (Phi) is 4.03. The normalized spacial score (nSPS) is 18.7. The van der Waals surface area contributed by atoms with E-state index in [0.717, 1.165) is 29.9 Å². The molecule has 2 aromatic rings. The molecular weight excluding hydrogens is 325 g/mol. The molecule has 106 valence electrons. The molecule has 1 saturated heterocycles. The Morgan fingerprint density at radius 1 is 1.45 bits per heavy atom. The van der Waals surface area contributed by atoms with Gasteiger partial charge in [-0.1, -0.05) is 0 Å². The van der Waals surface area contributed by atoms with Crippen molar-refractivity contribution in [2.45, 2.75) is 19.0 Å². The summed E-state index contributed by atoms with van der Waals surface area (Å²) in [4.78, 5) is 6.09. The van der Waals surface area contributed by atoms with Crippen LogP contribution in [0, 0.1) is 5.82 Å². The molecule has 0 saturated carbocycles. The quantitative estimate of drug-likeness (QED) is 0.929. The first kappa shape index (κ1) is 13.6. The average molecular weight is 340 g/mol. The number of nitrogens with zero attached hydrogens (tertiary/aromatic N) is 2. The van der Waals surface area contributed by atoms with Gasteiger partial charge in [-0.15, -0.1) is 0 Å². The van der Waals surface area contributed by atoms with Crippen LogP contribution in [0.3, 0.4) is 0 Å². The summed E-state index contributed by atoms with van der Waals surface area (Å²) in [5.74, 6) is 1.07. The van der Waals surface area contributed by atoms with Gasteiger partial charge in [0.1, 0.15) is 5.76 Å². The number of furan rings is 1. The molecule has 0 aliphatic carbocycles. The summed E-state index contributed by atoms with van der Waals surface area (Å²) in [5.41, 5.74) is 0. The third-order valence-electron chi connectivity index (χ3n) is 3.42. The van der Waals surface area contributed by atoms with Crippen molar-refractivity contribution < 1.29 is 8.81 Å². The van der Waals surface area contributed by atoms with Crippen molar-refractivity contribution in [1.82, 2.24) is 10.3 Å². The van der Waals surface area contributed by atoms with Crippen molar-refractivity contribution in [1.29, 1.82) is 0 Å². The molecule has 3 rings (SSSR count). The Hall–Kier alpha value is -1.40. The van der Waals surface area contributed by atoms with Gasteiger partial charge in [0.25, 0.3) is 0 Å². The van der Waals surface area contributed by atoms with Gasteiger partial charge in [0.2, 0.25) is 0 Å². The molecule has 1 N–H and O–H groups in total. The van der Waals surface area contributed by atoms with E-state index in [1.807, 2.05) is 17.0 Å². The highest BCUT2D eigenvalue weighted by Gasteiger charge is 2.25. The van der Waals surface area contributed by atoms with Gasteiger partial charge in [0, 0.05) is 25.3 Å². The molecule has 0 bridgehead atoms. The van der Waals surface area contributed by atoms with Crippen LogP contribution in [0.5, 0.6) is 0 Å². The number of hydrogen-bond donors (Lipinski definition) is 1. The number of rotatable bonds is 4. The van der Waals surface area contributed by atoms with Crippen LogP contribution < -0.4 is 10.2 Å². The van der Waals surface area contributed by atoms with Gasteiger partial charge in [-0.05, 0) is 46.6 Å². The minimum Gasteiger partial charge on any atom is -0.453 e. The zero-order valence-electron chi connectivity index (χ0n) is 10.9. The molecule has 4 nitrogen and oxygen atoms in total. The standard InChI is InChI=1S/C14H15BrFN3O/c15-13-4-3-11(20-13)8-18-10-5-7-19(9-10)14-12(16)2-1-6-17-14/h1-4,6,10,18H,5,7-9H2/t10-/m0/s1. The van der Waals surface area contributed by atoms with E-state index in [9.17, 15) is 4.39 Å². The van der Waals surface area contributed by atoms with Crippen molar-refractivity contribution in [2.24, 2.45) is 0 Å². The van der Waals surface area contributed by atoms with E-state index in [1.54, 1.807) is 12.3 Å². The van der Waals surface area contributed by atoms with Gasteiger partial charge in [0.15, 0.2) is 16.3 Å². The minimum absolute atomic E-state index is 0.261. The lowest BCUT2D eigenvalue weighted by molar-refractivity contribution is 0.442. The molecule has 2 aromatic heterocycles. The summed E-state index contributed by atoms with van der Waals surface area (Å²) in [6.07, 6.45) is 2.59. The maximum absolute atomic E-state index is 13.7. The summed E-state index contributed by atoms with van der Waals surface area (Å²) in [7, 11) is 0. The number of pyridine rings is 1. The van der Waals surface area contributed by atoms with Crippen molar-refractivity contribution in [2.75, 3.05) is 18.0 Å². The maximum Gasteiger partial charge on any atom is 0.169 e. The highest BCUT2D eigenvalue weighted by molar-refractivity contribution is 9.10. The SMILES string of the molecule is Fc1cccnc1N1CC[C@H](NCc2ccc(Br)o2)C1. The Labute approximate surface area is 125 Å². The first-order valence-electron chi connectivity index (χ1n) is 6.55. The minimum atomic E-state index is -0.261. The van der Waals surface area contributed by atoms with Crippen LogP contribution in [0.15, 0.2) is 39.5 Å². The predicted molar refractivity (Wildman–Crippen MR) is 78.1 cm³/mol. The molecule has 1 atom stereocenters. The first-order valence-corrected chi connectivity index (χ1v) is 7.35. The highest BCUT2D eigenvalue weighted by Crippen LogP contribution is 2.21. The van der Waals surface area contributed by atoms with Crippen LogP contribution in [-0.2, 0) is 6.54 Å². The van der Waals surface area contributed by atoms with Crippen molar-refractivity contribution in [3.05, 3.63) is 46.7 Å². The number of aromatic nitrogens is 1. The first-order chi connectivity index (χ1) is 9.72. The van der Waals surface area contributed by atoms with Crippen molar-refractivity contribution in [3.8, 4) is 0 Å². The van der Waals surface area contributed by atoms with Crippen LogP contribution in [0.4, 0.5) is 10.2 Å². The van der Waals surface area contributed by atoms with Crippen molar-refractivity contribution in [3.63, 3.8) is 0 Å². The predicted octanol–water partition coefficient (Wildman–Crippen LogP) is 2.94. The van der Waals surface area contributed by atoms with Crippen LogP contribution in [-0.4, -0.2) is 24.1 Å². The zero-order chi connectivity index (χ0) is 13.9. The largest absolute Gasteiger partial charge is 0.453 e. The van der Waals surface area contributed by atoms with E-state index in [0.29, 0.717) is 18.4 Å². The molecule has 1 aliphatic rings. The van der Waals surface area contributed by atoms with E-state index >= 15 is 0 Å². The lowest BCUT2D eigenvalue weighted by Crippen LogP contribution is -2.32. The fraction of sp³-hybridized carbons (Fsp3) is 0.357. The van der Waals surface area contributed by atoms with Gasteiger partial charge in [-0.2, -0.15) is 0 Å². The molecule has 1 aliphatic heterocycles. The number of anilines is 1. The summed E-state index contributed by atoms with van der Waals surface area (Å²) in [5, 5.41) is 3.42. The number of nitrogens with one attached hydrogen (secondary N) is 1. The average Bonchev–Trinajstić information content (AvgIpc) is 3.06. The zero-order valence-corrected chi connectivity index (χ0v) is 12.4. The Balaban J connectivity index is 1.56. The third-order valence-corrected chi connectivity index (χ3v) is 3.85. The Morgan fingerprint density at radius 3 is 3.10 bits per heavy atom. The van der Waals surface area contributed by atoms with E-state index in [2.05, 4.69) is 26.2 Å². The second-order valence-electron chi connectivity index (χ2n) is 4.83. The monoisotopic (exact) mass is 339 g/mol. The molecule has 3 heterocycles. The second-order valence-corrected chi connectivity index (χ2v) is 5.61. The summed E-state index contributed by atoms with van der Waals surface area (Å²) in [6, 6.07) is 7.19. The van der Waals surface area contributed by atoms with Crippen molar-refractivity contribution >= 4 is 21.7 Å². The molecule has 0 unspecified atom stereocenters. The molecule has 1 fully saturated rings. The van der Waals surface area contributed by atoms with Gasteiger partial charge in [-0.25, -0.2) is 9.37 Å². The van der Waals surface area contributed by atoms with E-state index in [1.165, 1.54) is 6.07 Å². The van der Waals surface area contributed by atoms with Crippen LogP contribution >= 0.6 is 15.9 Å². The highest BCUT2D eigenvalue weighted by atomic mass is 79.9. The topological polar surface area (TPSA) is 41.3 Å². The molecule has 0 amide bonds. The molecule has 0 aromatic carbocycles. The fourth-order valence-electron chi connectivity index (χ4n) is 2.42. The molecule has 0 radical (unpaired) electrons. The lowest BCUT2D eigenvalue weighted by atomic mass is 10.2. The van der Waals surface area contributed by atoms with Crippen LogP contribution in [0.2, 0.25) is 0 Å². The summed E-state index contributed by atoms with van der Waals surface area (Å²) in [6.45, 7) is 2.25. The van der Waals surface area contributed by atoms with Gasteiger partial charge in [-0.3, -0.25) is 0 Å². The van der Waals surface area contributed by atoms with E-state index < -0.39 is 0 Å².